The number of aromatic nitrogens is 3. The molecule has 0 aliphatic carbocycles. The van der Waals surface area contributed by atoms with Crippen molar-refractivity contribution in [2.45, 2.75) is 19.9 Å². The first-order chi connectivity index (χ1) is 13.1. The van der Waals surface area contributed by atoms with Gasteiger partial charge in [0.2, 0.25) is 0 Å². The van der Waals surface area contributed by atoms with Crippen molar-refractivity contribution in [1.29, 1.82) is 0 Å². The number of amides is 1. The molecule has 0 spiro atoms. The number of H-pyrrole nitrogens is 1. The number of aryl methyl sites for hydroxylation is 2. The van der Waals surface area contributed by atoms with Gasteiger partial charge in [0.1, 0.15) is 5.65 Å². The molecule has 0 saturated heterocycles. The van der Waals surface area contributed by atoms with Crippen molar-refractivity contribution in [3.05, 3.63) is 66.1 Å². The summed E-state index contributed by atoms with van der Waals surface area (Å²) in [5, 5.41) is 4.60. The molecule has 136 valence electrons. The van der Waals surface area contributed by atoms with E-state index < -0.39 is 11.7 Å². The first-order valence-corrected chi connectivity index (χ1v) is 8.95. The van der Waals surface area contributed by atoms with Gasteiger partial charge in [-0.1, -0.05) is 18.2 Å². The topological polar surface area (TPSA) is 79.8 Å². The summed E-state index contributed by atoms with van der Waals surface area (Å²) in [4.78, 5) is 32.4. The molecule has 0 radical (unpaired) electrons. The molecule has 3 heterocycles. The van der Waals surface area contributed by atoms with E-state index in [2.05, 4.69) is 15.3 Å². The Bertz CT molecular complexity index is 1140. The van der Waals surface area contributed by atoms with Crippen molar-refractivity contribution in [3.8, 4) is 0 Å². The Hall–Kier alpha value is -3.41. The molecule has 1 aromatic carbocycles. The van der Waals surface area contributed by atoms with E-state index in [1.54, 1.807) is 6.20 Å². The molecule has 0 unspecified atom stereocenters. The van der Waals surface area contributed by atoms with Crippen LogP contribution in [0.25, 0.3) is 21.9 Å². The monoisotopic (exact) mass is 360 g/mol. The third-order valence-corrected chi connectivity index (χ3v) is 4.71. The van der Waals surface area contributed by atoms with Crippen LogP contribution >= 0.6 is 0 Å². The number of carbonyl (C=O) groups excluding carboxylic acids is 2. The molecular formula is C21H20N4O2. The third-order valence-electron chi connectivity index (χ3n) is 4.71. The molecule has 6 heteroatoms. The van der Waals surface area contributed by atoms with Crippen LogP contribution in [-0.2, 0) is 11.3 Å². The van der Waals surface area contributed by atoms with Crippen LogP contribution in [0.2, 0.25) is 0 Å². The molecule has 6 nitrogen and oxygen atoms in total. The molecule has 0 fully saturated rings. The van der Waals surface area contributed by atoms with E-state index in [1.165, 1.54) is 0 Å². The molecule has 2 N–H and O–H groups in total. The minimum absolute atomic E-state index is 0.429. The largest absolute Gasteiger partial charge is 0.358 e. The van der Waals surface area contributed by atoms with E-state index in [0.717, 1.165) is 28.5 Å². The fourth-order valence-corrected chi connectivity index (χ4v) is 3.42. The number of carbonyl (C=O) groups is 2. The number of nitrogens with zero attached hydrogens (tertiary/aromatic N) is 2. The zero-order valence-electron chi connectivity index (χ0n) is 15.0. The summed E-state index contributed by atoms with van der Waals surface area (Å²) in [5.41, 5.74) is 2.94. The number of aromatic amines is 1. The Morgan fingerprint density at radius 3 is 2.89 bits per heavy atom. The standard InChI is InChI=1S/C21H20N4O2/c1-14-18(16-7-2-3-8-17(16)24-14)19(26)21(27)23-11-5-12-25-13-9-15-6-4-10-22-20(15)25/h2-4,6-10,13,24H,5,11-12H2,1H3,(H,23,27). The first kappa shape index (κ1) is 17.0. The van der Waals surface area contributed by atoms with Crippen LogP contribution in [0.1, 0.15) is 22.5 Å². The molecule has 1 amide bonds. The number of hydrogen-bond donors (Lipinski definition) is 2. The minimum Gasteiger partial charge on any atom is -0.358 e. The number of Topliss-reactive ketones (excluding diaryl/α,β-unsaturated/α-hetero) is 1. The molecule has 0 saturated carbocycles. The highest BCUT2D eigenvalue weighted by Crippen LogP contribution is 2.22. The van der Waals surface area contributed by atoms with Crippen LogP contribution in [-0.4, -0.2) is 32.8 Å². The van der Waals surface area contributed by atoms with Gasteiger partial charge in [0, 0.05) is 47.5 Å². The van der Waals surface area contributed by atoms with Crippen LogP contribution in [0.3, 0.4) is 0 Å². The Balaban J connectivity index is 1.38. The van der Waals surface area contributed by atoms with Crippen LogP contribution in [0.5, 0.6) is 0 Å². The zero-order valence-corrected chi connectivity index (χ0v) is 15.0. The van der Waals surface area contributed by atoms with E-state index in [-0.39, 0.29) is 0 Å². The van der Waals surface area contributed by atoms with E-state index in [9.17, 15) is 9.59 Å². The molecular weight excluding hydrogens is 340 g/mol. The van der Waals surface area contributed by atoms with Gasteiger partial charge in [-0.2, -0.15) is 0 Å². The van der Waals surface area contributed by atoms with Gasteiger partial charge in [0.05, 0.1) is 5.56 Å². The smallest absolute Gasteiger partial charge is 0.292 e. The van der Waals surface area contributed by atoms with Gasteiger partial charge in [-0.15, -0.1) is 0 Å². The fraction of sp³-hybridized carbons (Fsp3) is 0.190. The third kappa shape index (κ3) is 3.21. The second-order valence-electron chi connectivity index (χ2n) is 6.53. The van der Waals surface area contributed by atoms with Gasteiger partial charge >= 0.3 is 0 Å². The normalized spacial score (nSPS) is 11.1. The minimum atomic E-state index is -0.571. The predicted octanol–water partition coefficient (Wildman–Crippen LogP) is 3.22. The van der Waals surface area contributed by atoms with Gasteiger partial charge in [-0.05, 0) is 37.6 Å². The number of pyridine rings is 1. The van der Waals surface area contributed by atoms with Gasteiger partial charge < -0.3 is 14.9 Å². The SMILES string of the molecule is Cc1[nH]c2ccccc2c1C(=O)C(=O)NCCCn1ccc2cccnc21. The van der Waals surface area contributed by atoms with E-state index in [4.69, 9.17) is 0 Å². The molecule has 0 aliphatic heterocycles. The zero-order chi connectivity index (χ0) is 18.8. The molecule has 0 bridgehead atoms. The van der Waals surface area contributed by atoms with Crippen molar-refractivity contribution in [1.82, 2.24) is 19.9 Å². The lowest BCUT2D eigenvalue weighted by Crippen LogP contribution is -2.32. The highest BCUT2D eigenvalue weighted by atomic mass is 16.2. The van der Waals surface area contributed by atoms with Crippen molar-refractivity contribution >= 4 is 33.6 Å². The summed E-state index contributed by atoms with van der Waals surface area (Å²) in [7, 11) is 0. The molecule has 3 aromatic heterocycles. The van der Waals surface area contributed by atoms with Crippen LogP contribution in [0.15, 0.2) is 54.9 Å². The highest BCUT2D eigenvalue weighted by Gasteiger charge is 2.22. The second-order valence-corrected chi connectivity index (χ2v) is 6.53. The summed E-state index contributed by atoms with van der Waals surface area (Å²) >= 11 is 0. The van der Waals surface area contributed by atoms with E-state index >= 15 is 0 Å². The lowest BCUT2D eigenvalue weighted by molar-refractivity contribution is -0.117. The average Bonchev–Trinajstić information content (AvgIpc) is 3.24. The number of hydrogen-bond acceptors (Lipinski definition) is 3. The number of fused-ring (bicyclic) bond motifs is 2. The highest BCUT2D eigenvalue weighted by molar-refractivity contribution is 6.45. The lowest BCUT2D eigenvalue weighted by Gasteiger charge is -2.07. The summed E-state index contributed by atoms with van der Waals surface area (Å²) in [6, 6.07) is 13.4. The van der Waals surface area contributed by atoms with Crippen molar-refractivity contribution in [2.24, 2.45) is 0 Å². The van der Waals surface area contributed by atoms with Crippen molar-refractivity contribution < 1.29 is 9.59 Å². The molecule has 0 atom stereocenters. The summed E-state index contributed by atoms with van der Waals surface area (Å²) in [6.07, 6.45) is 4.47. The van der Waals surface area contributed by atoms with E-state index in [1.807, 2.05) is 60.2 Å². The number of benzene rings is 1. The maximum absolute atomic E-state index is 12.6. The van der Waals surface area contributed by atoms with Gasteiger partial charge in [-0.3, -0.25) is 9.59 Å². The van der Waals surface area contributed by atoms with Crippen LogP contribution < -0.4 is 5.32 Å². The predicted molar refractivity (Wildman–Crippen MR) is 105 cm³/mol. The second kappa shape index (κ2) is 7.07. The van der Waals surface area contributed by atoms with Crippen LogP contribution in [0.4, 0.5) is 0 Å². The lowest BCUT2D eigenvalue weighted by atomic mass is 10.1. The molecule has 4 aromatic rings. The van der Waals surface area contributed by atoms with Gasteiger partial charge in [0.25, 0.3) is 11.7 Å². The molecule has 0 aliphatic rings. The molecule has 4 rings (SSSR count). The van der Waals surface area contributed by atoms with Gasteiger partial charge in [0.15, 0.2) is 0 Å². The Morgan fingerprint density at radius 1 is 1.15 bits per heavy atom. The average molecular weight is 360 g/mol. The Morgan fingerprint density at radius 2 is 2.00 bits per heavy atom. The van der Waals surface area contributed by atoms with Crippen molar-refractivity contribution in [3.63, 3.8) is 0 Å². The van der Waals surface area contributed by atoms with Gasteiger partial charge in [-0.25, -0.2) is 4.98 Å². The number of nitrogens with one attached hydrogen (secondary N) is 2. The number of ketones is 1. The Kier molecular flexibility index (Phi) is 4.46. The Labute approximate surface area is 156 Å². The fourth-order valence-electron chi connectivity index (χ4n) is 3.42. The maximum Gasteiger partial charge on any atom is 0.292 e. The molecule has 27 heavy (non-hydrogen) atoms. The van der Waals surface area contributed by atoms with Crippen LogP contribution in [0, 0.1) is 6.92 Å². The van der Waals surface area contributed by atoms with Crippen molar-refractivity contribution in [2.75, 3.05) is 6.54 Å². The first-order valence-electron chi connectivity index (χ1n) is 8.95. The summed E-state index contributed by atoms with van der Waals surface area (Å²) in [5.74, 6) is -1.07. The van der Waals surface area contributed by atoms with E-state index in [0.29, 0.717) is 24.2 Å². The summed E-state index contributed by atoms with van der Waals surface area (Å²) in [6.45, 7) is 2.96. The number of para-hydroxylation sites is 1. The quantitative estimate of drug-likeness (QED) is 0.315. The summed E-state index contributed by atoms with van der Waals surface area (Å²) < 4.78 is 2.05. The number of rotatable bonds is 6. The maximum atomic E-state index is 12.6.